The summed E-state index contributed by atoms with van der Waals surface area (Å²) in [6, 6.07) is 11.9. The number of hydrogen-bond acceptors (Lipinski definition) is 3. The Balaban J connectivity index is 2.25. The lowest BCUT2D eigenvalue weighted by Crippen LogP contribution is -1.91. The zero-order valence-corrected chi connectivity index (χ0v) is 12.0. The van der Waals surface area contributed by atoms with Crippen molar-refractivity contribution in [2.75, 3.05) is 5.73 Å². The summed E-state index contributed by atoms with van der Waals surface area (Å²) in [5.41, 5.74) is 8.97. The molecule has 0 aliphatic rings. The first kappa shape index (κ1) is 13.6. The van der Waals surface area contributed by atoms with E-state index < -0.39 is 5.82 Å². The van der Waals surface area contributed by atoms with Gasteiger partial charge in [0.25, 0.3) is 0 Å². The molecular formula is C16H12ClFN2O. The highest BCUT2D eigenvalue weighted by atomic mass is 35.5. The van der Waals surface area contributed by atoms with Crippen LogP contribution >= 0.6 is 11.6 Å². The highest BCUT2D eigenvalue weighted by Gasteiger charge is 2.21. The standard InChI is InChI=1S/C16H12ClFN2O/c1-9-4-2-3-5-11(9)15-14(16(19)20-21-15)12-7-6-10(18)8-13(12)17/h2-8H,1H3,(H2,19,20). The zero-order chi connectivity index (χ0) is 15.0. The van der Waals surface area contributed by atoms with E-state index in [1.54, 1.807) is 6.07 Å². The molecular weight excluding hydrogens is 291 g/mol. The second kappa shape index (κ2) is 5.22. The molecule has 0 bridgehead atoms. The van der Waals surface area contributed by atoms with E-state index in [2.05, 4.69) is 5.16 Å². The smallest absolute Gasteiger partial charge is 0.177 e. The monoisotopic (exact) mass is 302 g/mol. The quantitative estimate of drug-likeness (QED) is 0.747. The van der Waals surface area contributed by atoms with Crippen molar-refractivity contribution in [1.29, 1.82) is 0 Å². The molecule has 0 saturated heterocycles. The van der Waals surface area contributed by atoms with Gasteiger partial charge < -0.3 is 10.3 Å². The topological polar surface area (TPSA) is 52.0 Å². The van der Waals surface area contributed by atoms with Crippen LogP contribution in [0, 0.1) is 12.7 Å². The predicted octanol–water partition coefficient (Wildman–Crippen LogP) is 4.69. The number of benzene rings is 2. The van der Waals surface area contributed by atoms with Gasteiger partial charge in [0.15, 0.2) is 11.6 Å². The molecule has 0 fully saturated rings. The number of anilines is 1. The lowest BCUT2D eigenvalue weighted by molar-refractivity contribution is 0.436. The van der Waals surface area contributed by atoms with E-state index in [1.165, 1.54) is 12.1 Å². The summed E-state index contributed by atoms with van der Waals surface area (Å²) in [5, 5.41) is 4.09. The Bertz CT molecular complexity index is 814. The van der Waals surface area contributed by atoms with Crippen molar-refractivity contribution in [2.45, 2.75) is 6.92 Å². The van der Waals surface area contributed by atoms with Crippen molar-refractivity contribution in [3.8, 4) is 22.5 Å². The van der Waals surface area contributed by atoms with Crippen LogP contribution in [0.3, 0.4) is 0 Å². The number of rotatable bonds is 2. The molecule has 2 N–H and O–H groups in total. The average Bonchev–Trinajstić information content (AvgIpc) is 2.81. The summed E-state index contributed by atoms with van der Waals surface area (Å²) in [4.78, 5) is 0. The number of aryl methyl sites for hydroxylation is 1. The molecule has 0 atom stereocenters. The molecule has 5 heteroatoms. The van der Waals surface area contributed by atoms with Gasteiger partial charge in [-0.2, -0.15) is 0 Å². The van der Waals surface area contributed by atoms with Gasteiger partial charge in [-0.3, -0.25) is 0 Å². The average molecular weight is 303 g/mol. The second-order valence-electron chi connectivity index (χ2n) is 4.71. The number of halogens is 2. The maximum Gasteiger partial charge on any atom is 0.177 e. The molecule has 3 nitrogen and oxygen atoms in total. The van der Waals surface area contributed by atoms with Crippen LogP contribution in [0.2, 0.25) is 5.02 Å². The van der Waals surface area contributed by atoms with Crippen LogP contribution in [0.5, 0.6) is 0 Å². The van der Waals surface area contributed by atoms with Crippen molar-refractivity contribution in [1.82, 2.24) is 5.16 Å². The van der Waals surface area contributed by atoms with Crippen LogP contribution in [0.4, 0.5) is 10.2 Å². The third kappa shape index (κ3) is 2.38. The fourth-order valence-corrected chi connectivity index (χ4v) is 2.53. The number of nitrogens with two attached hydrogens (primary N) is 1. The van der Waals surface area contributed by atoms with E-state index in [1.807, 2.05) is 31.2 Å². The van der Waals surface area contributed by atoms with Crippen molar-refractivity contribution >= 4 is 17.4 Å². The minimum atomic E-state index is -0.406. The van der Waals surface area contributed by atoms with Crippen LogP contribution in [-0.2, 0) is 0 Å². The summed E-state index contributed by atoms with van der Waals surface area (Å²) in [6.45, 7) is 1.96. The Labute approximate surface area is 126 Å². The molecule has 0 radical (unpaired) electrons. The highest BCUT2D eigenvalue weighted by Crippen LogP contribution is 2.40. The van der Waals surface area contributed by atoms with Crippen LogP contribution in [-0.4, -0.2) is 5.16 Å². The second-order valence-corrected chi connectivity index (χ2v) is 5.12. The van der Waals surface area contributed by atoms with Crippen molar-refractivity contribution < 1.29 is 8.91 Å². The van der Waals surface area contributed by atoms with E-state index in [0.717, 1.165) is 11.1 Å². The number of aromatic nitrogens is 1. The van der Waals surface area contributed by atoms with E-state index >= 15 is 0 Å². The first-order valence-corrected chi connectivity index (χ1v) is 6.72. The van der Waals surface area contributed by atoms with E-state index in [9.17, 15) is 4.39 Å². The molecule has 0 spiro atoms. The normalized spacial score (nSPS) is 10.8. The van der Waals surface area contributed by atoms with Gasteiger partial charge in [-0.15, -0.1) is 0 Å². The summed E-state index contributed by atoms with van der Waals surface area (Å²) in [6.07, 6.45) is 0. The van der Waals surface area contributed by atoms with E-state index in [-0.39, 0.29) is 10.8 Å². The first-order valence-electron chi connectivity index (χ1n) is 6.34. The largest absolute Gasteiger partial charge is 0.380 e. The van der Waals surface area contributed by atoms with Crippen molar-refractivity contribution in [3.63, 3.8) is 0 Å². The zero-order valence-electron chi connectivity index (χ0n) is 11.2. The third-order valence-corrected chi connectivity index (χ3v) is 3.62. The first-order chi connectivity index (χ1) is 10.1. The maximum atomic E-state index is 13.2. The van der Waals surface area contributed by atoms with Gasteiger partial charge in [0, 0.05) is 11.1 Å². The Morgan fingerprint density at radius 3 is 2.62 bits per heavy atom. The lowest BCUT2D eigenvalue weighted by atomic mass is 9.98. The molecule has 0 unspecified atom stereocenters. The van der Waals surface area contributed by atoms with Crippen LogP contribution in [0.15, 0.2) is 47.0 Å². The molecule has 2 aromatic carbocycles. The molecule has 21 heavy (non-hydrogen) atoms. The minimum Gasteiger partial charge on any atom is -0.380 e. The Morgan fingerprint density at radius 2 is 1.90 bits per heavy atom. The van der Waals surface area contributed by atoms with E-state index in [4.69, 9.17) is 21.9 Å². The van der Waals surface area contributed by atoms with Gasteiger partial charge >= 0.3 is 0 Å². The Hall–Kier alpha value is -2.33. The SMILES string of the molecule is Cc1ccccc1-c1onc(N)c1-c1ccc(F)cc1Cl. The molecule has 0 amide bonds. The number of hydrogen-bond donors (Lipinski definition) is 1. The molecule has 3 aromatic rings. The van der Waals surface area contributed by atoms with Gasteiger partial charge in [0.1, 0.15) is 5.82 Å². The van der Waals surface area contributed by atoms with Gasteiger partial charge in [0.2, 0.25) is 0 Å². The van der Waals surface area contributed by atoms with Crippen LogP contribution in [0.25, 0.3) is 22.5 Å². The number of nitrogens with zero attached hydrogens (tertiary/aromatic N) is 1. The molecule has 1 heterocycles. The van der Waals surface area contributed by atoms with Crippen molar-refractivity contribution in [2.24, 2.45) is 0 Å². The lowest BCUT2D eigenvalue weighted by Gasteiger charge is -2.07. The van der Waals surface area contributed by atoms with Gasteiger partial charge in [-0.05, 0) is 30.7 Å². The van der Waals surface area contributed by atoms with Crippen LogP contribution in [0.1, 0.15) is 5.56 Å². The maximum absolute atomic E-state index is 13.2. The Kier molecular flexibility index (Phi) is 3.39. The molecule has 0 saturated carbocycles. The summed E-state index contributed by atoms with van der Waals surface area (Å²) in [5.74, 6) is 0.345. The summed E-state index contributed by atoms with van der Waals surface area (Å²) in [7, 11) is 0. The minimum absolute atomic E-state index is 0.224. The van der Waals surface area contributed by atoms with Gasteiger partial charge in [-0.25, -0.2) is 4.39 Å². The number of nitrogen functional groups attached to an aromatic ring is 1. The van der Waals surface area contributed by atoms with Crippen molar-refractivity contribution in [3.05, 3.63) is 58.9 Å². The van der Waals surface area contributed by atoms with E-state index in [0.29, 0.717) is 16.9 Å². The molecule has 1 aromatic heterocycles. The van der Waals surface area contributed by atoms with Gasteiger partial charge in [-0.1, -0.05) is 41.0 Å². The molecule has 106 valence electrons. The highest BCUT2D eigenvalue weighted by molar-refractivity contribution is 6.33. The molecule has 0 aliphatic heterocycles. The van der Waals surface area contributed by atoms with Crippen LogP contribution < -0.4 is 5.73 Å². The molecule has 3 rings (SSSR count). The summed E-state index contributed by atoms with van der Waals surface area (Å²) >= 11 is 6.13. The van der Waals surface area contributed by atoms with Gasteiger partial charge in [0.05, 0.1) is 10.6 Å². The fourth-order valence-electron chi connectivity index (χ4n) is 2.27. The summed E-state index contributed by atoms with van der Waals surface area (Å²) < 4.78 is 18.6. The molecule has 0 aliphatic carbocycles. The third-order valence-electron chi connectivity index (χ3n) is 3.31. The Morgan fingerprint density at radius 1 is 1.14 bits per heavy atom. The predicted molar refractivity (Wildman–Crippen MR) is 81.5 cm³/mol. The fraction of sp³-hybridized carbons (Fsp3) is 0.0625.